The Bertz CT molecular complexity index is 738. The largest absolute Gasteiger partial charge is 0.384 e. The number of ether oxygens (including phenoxy) is 1. The van der Waals surface area contributed by atoms with Gasteiger partial charge in [0.2, 0.25) is 0 Å². The number of methoxy groups -OCH3 is 1. The molecule has 0 aliphatic rings. The number of halogens is 1. The lowest BCUT2D eigenvalue weighted by Gasteiger charge is -2.01. The van der Waals surface area contributed by atoms with Crippen LogP contribution < -0.4 is 0 Å². The highest BCUT2D eigenvalue weighted by molar-refractivity contribution is 5.51. The average Bonchev–Trinajstić information content (AvgIpc) is 3.14. The van der Waals surface area contributed by atoms with Gasteiger partial charge in [0.25, 0.3) is 5.89 Å². The molecular weight excluding hydrogens is 275 g/mol. The molecule has 0 unspecified atom stereocenters. The van der Waals surface area contributed by atoms with Gasteiger partial charge in [0.15, 0.2) is 5.82 Å². The normalized spacial score (nSPS) is 11.0. The van der Waals surface area contributed by atoms with Crippen molar-refractivity contribution in [1.29, 1.82) is 0 Å². The lowest BCUT2D eigenvalue weighted by molar-refractivity contribution is 0.199. The van der Waals surface area contributed by atoms with Gasteiger partial charge in [0.05, 0.1) is 18.4 Å². The standard InChI is InChI=1S/C14H13FN4O2/c1-20-7-6-13-17-14(21-18-13)10-8-16-19(9-10)12-5-3-2-4-11(12)15/h2-5,8-9H,6-7H2,1H3. The molecule has 21 heavy (non-hydrogen) atoms. The van der Waals surface area contributed by atoms with Crippen LogP contribution in [0.25, 0.3) is 17.1 Å². The van der Waals surface area contributed by atoms with E-state index in [1.807, 2.05) is 0 Å². The summed E-state index contributed by atoms with van der Waals surface area (Å²) in [6.45, 7) is 0.521. The Labute approximate surface area is 120 Å². The summed E-state index contributed by atoms with van der Waals surface area (Å²) in [5.41, 5.74) is 0.997. The molecule has 0 spiro atoms. The highest BCUT2D eigenvalue weighted by Crippen LogP contribution is 2.19. The van der Waals surface area contributed by atoms with E-state index in [1.54, 1.807) is 37.7 Å². The highest BCUT2D eigenvalue weighted by atomic mass is 19.1. The smallest absolute Gasteiger partial charge is 0.261 e. The van der Waals surface area contributed by atoms with Gasteiger partial charge < -0.3 is 9.26 Å². The second-order valence-electron chi connectivity index (χ2n) is 4.38. The van der Waals surface area contributed by atoms with Crippen molar-refractivity contribution in [1.82, 2.24) is 19.9 Å². The van der Waals surface area contributed by atoms with E-state index < -0.39 is 0 Å². The molecule has 0 aliphatic carbocycles. The molecule has 0 saturated heterocycles. The van der Waals surface area contributed by atoms with Crippen molar-refractivity contribution in [2.45, 2.75) is 6.42 Å². The summed E-state index contributed by atoms with van der Waals surface area (Å²) >= 11 is 0. The highest BCUT2D eigenvalue weighted by Gasteiger charge is 2.12. The predicted molar refractivity (Wildman–Crippen MR) is 72.4 cm³/mol. The molecule has 108 valence electrons. The van der Waals surface area contributed by atoms with Gasteiger partial charge in [-0.3, -0.25) is 0 Å². The number of rotatable bonds is 5. The Morgan fingerprint density at radius 3 is 3.00 bits per heavy atom. The zero-order chi connectivity index (χ0) is 14.7. The molecule has 2 aromatic heterocycles. The fraction of sp³-hybridized carbons (Fsp3) is 0.214. The first-order valence-electron chi connectivity index (χ1n) is 6.39. The van der Waals surface area contributed by atoms with E-state index in [0.717, 1.165) is 0 Å². The van der Waals surface area contributed by atoms with Gasteiger partial charge >= 0.3 is 0 Å². The Balaban J connectivity index is 1.85. The third-order valence-corrected chi connectivity index (χ3v) is 2.93. The van der Waals surface area contributed by atoms with E-state index in [9.17, 15) is 4.39 Å². The van der Waals surface area contributed by atoms with Crippen molar-refractivity contribution in [2.24, 2.45) is 0 Å². The maximum atomic E-state index is 13.7. The van der Waals surface area contributed by atoms with Crippen LogP contribution in [0, 0.1) is 5.82 Å². The maximum Gasteiger partial charge on any atom is 0.261 e. The molecule has 0 saturated carbocycles. The lowest BCUT2D eigenvalue weighted by atomic mass is 10.3. The van der Waals surface area contributed by atoms with E-state index >= 15 is 0 Å². The van der Waals surface area contributed by atoms with Crippen molar-refractivity contribution in [3.8, 4) is 17.1 Å². The Kier molecular flexibility index (Phi) is 3.74. The van der Waals surface area contributed by atoms with Crippen LogP contribution in [0.2, 0.25) is 0 Å². The topological polar surface area (TPSA) is 66.0 Å². The quantitative estimate of drug-likeness (QED) is 0.720. The minimum atomic E-state index is -0.349. The van der Waals surface area contributed by atoms with Crippen LogP contribution in [0.4, 0.5) is 4.39 Å². The molecule has 3 rings (SSSR count). The molecule has 0 amide bonds. The van der Waals surface area contributed by atoms with Crippen LogP contribution in [0.1, 0.15) is 5.82 Å². The van der Waals surface area contributed by atoms with Crippen LogP contribution in [-0.2, 0) is 11.2 Å². The Morgan fingerprint density at radius 1 is 1.33 bits per heavy atom. The number of benzene rings is 1. The summed E-state index contributed by atoms with van der Waals surface area (Å²) in [5, 5.41) is 7.97. The van der Waals surface area contributed by atoms with Crippen LogP contribution in [-0.4, -0.2) is 33.6 Å². The van der Waals surface area contributed by atoms with Crippen molar-refractivity contribution >= 4 is 0 Å². The monoisotopic (exact) mass is 288 g/mol. The molecule has 7 heteroatoms. The Hall–Kier alpha value is -2.54. The SMILES string of the molecule is COCCc1noc(-c2cnn(-c3ccccc3F)c2)n1. The Morgan fingerprint density at radius 2 is 2.19 bits per heavy atom. The van der Waals surface area contributed by atoms with E-state index in [0.29, 0.717) is 36.0 Å². The third kappa shape index (κ3) is 2.82. The molecule has 0 aliphatic heterocycles. The van der Waals surface area contributed by atoms with E-state index in [2.05, 4.69) is 15.2 Å². The molecule has 2 heterocycles. The van der Waals surface area contributed by atoms with Gasteiger partial charge in [-0.05, 0) is 12.1 Å². The van der Waals surface area contributed by atoms with Gasteiger partial charge in [0, 0.05) is 19.7 Å². The number of nitrogens with zero attached hydrogens (tertiary/aromatic N) is 4. The zero-order valence-corrected chi connectivity index (χ0v) is 11.4. The van der Waals surface area contributed by atoms with Crippen molar-refractivity contribution in [3.63, 3.8) is 0 Å². The van der Waals surface area contributed by atoms with E-state index in [4.69, 9.17) is 9.26 Å². The van der Waals surface area contributed by atoms with Crippen molar-refractivity contribution < 1.29 is 13.7 Å². The van der Waals surface area contributed by atoms with Gasteiger partial charge in [-0.1, -0.05) is 17.3 Å². The zero-order valence-electron chi connectivity index (χ0n) is 11.4. The third-order valence-electron chi connectivity index (χ3n) is 2.93. The molecular formula is C14H13FN4O2. The molecule has 0 atom stereocenters. The first-order valence-corrected chi connectivity index (χ1v) is 6.39. The molecule has 0 N–H and O–H groups in total. The fourth-order valence-electron chi connectivity index (χ4n) is 1.87. The molecule has 6 nitrogen and oxygen atoms in total. The number of para-hydroxylation sites is 1. The molecule has 0 fully saturated rings. The number of hydrogen-bond acceptors (Lipinski definition) is 5. The predicted octanol–water partition coefficient (Wildman–Crippen LogP) is 2.25. The van der Waals surface area contributed by atoms with Crippen LogP contribution >= 0.6 is 0 Å². The number of aromatic nitrogens is 4. The maximum absolute atomic E-state index is 13.7. The van der Waals surface area contributed by atoms with Gasteiger partial charge in [-0.15, -0.1) is 0 Å². The summed E-state index contributed by atoms with van der Waals surface area (Å²) in [6, 6.07) is 6.40. The van der Waals surface area contributed by atoms with Gasteiger partial charge in [0.1, 0.15) is 11.5 Å². The van der Waals surface area contributed by atoms with Crippen molar-refractivity contribution in [3.05, 3.63) is 48.3 Å². The summed E-state index contributed by atoms with van der Waals surface area (Å²) in [5.74, 6) is 0.563. The van der Waals surface area contributed by atoms with E-state index in [-0.39, 0.29) is 5.82 Å². The van der Waals surface area contributed by atoms with Crippen LogP contribution in [0.5, 0.6) is 0 Å². The average molecular weight is 288 g/mol. The van der Waals surface area contributed by atoms with E-state index in [1.165, 1.54) is 10.7 Å². The summed E-state index contributed by atoms with van der Waals surface area (Å²) < 4.78 is 25.3. The first kappa shape index (κ1) is 13.4. The van der Waals surface area contributed by atoms with Gasteiger partial charge in [-0.25, -0.2) is 9.07 Å². The summed E-state index contributed by atoms with van der Waals surface area (Å²) in [6.07, 6.45) is 3.77. The number of hydrogen-bond donors (Lipinski definition) is 0. The second-order valence-corrected chi connectivity index (χ2v) is 4.38. The minimum absolute atomic E-state index is 0.349. The van der Waals surface area contributed by atoms with Crippen LogP contribution in [0.3, 0.4) is 0 Å². The van der Waals surface area contributed by atoms with Gasteiger partial charge in [-0.2, -0.15) is 10.1 Å². The fourth-order valence-corrected chi connectivity index (χ4v) is 1.87. The first-order chi connectivity index (χ1) is 10.3. The molecule has 1 aromatic carbocycles. The molecule has 0 radical (unpaired) electrons. The second kappa shape index (κ2) is 5.84. The molecule has 3 aromatic rings. The molecule has 0 bridgehead atoms. The summed E-state index contributed by atoms with van der Waals surface area (Å²) in [4.78, 5) is 4.24. The lowest BCUT2D eigenvalue weighted by Crippen LogP contribution is -1.97. The van der Waals surface area contributed by atoms with Crippen LogP contribution in [0.15, 0.2) is 41.2 Å². The minimum Gasteiger partial charge on any atom is -0.384 e. The van der Waals surface area contributed by atoms with Crippen molar-refractivity contribution in [2.75, 3.05) is 13.7 Å². The summed E-state index contributed by atoms with van der Waals surface area (Å²) in [7, 11) is 1.61.